The van der Waals surface area contributed by atoms with Gasteiger partial charge in [-0.2, -0.15) is 0 Å². The van der Waals surface area contributed by atoms with E-state index in [1.165, 1.54) is 6.07 Å². The van der Waals surface area contributed by atoms with Crippen LogP contribution in [-0.4, -0.2) is 29.5 Å². The molecule has 5 N–H and O–H groups in total. The van der Waals surface area contributed by atoms with Crippen LogP contribution < -0.4 is 5.73 Å². The quantitative estimate of drug-likeness (QED) is 0.289. The summed E-state index contributed by atoms with van der Waals surface area (Å²) < 4.78 is 4.05. The van der Waals surface area contributed by atoms with E-state index in [4.69, 9.17) is 0 Å². The summed E-state index contributed by atoms with van der Waals surface area (Å²) >= 11 is 1.57. The first-order valence-electron chi connectivity index (χ1n) is 11.4. The zero-order valence-electron chi connectivity index (χ0n) is 19.9. The van der Waals surface area contributed by atoms with Crippen LogP contribution in [0.25, 0.3) is 28.0 Å². The van der Waals surface area contributed by atoms with Crippen molar-refractivity contribution in [2.45, 2.75) is 30.7 Å². The SMILES string of the molecule is CC(C)c1cc(-c2nnc(SCc3ccccc3[NH3+])n2-c2ccc3c(ccn3C)c2)c(O)cc1O. The lowest BCUT2D eigenvalue weighted by molar-refractivity contribution is -0.255. The third kappa shape index (κ3) is 4.26. The molecule has 0 fully saturated rings. The Hall–Kier alpha value is -3.75. The molecular formula is C27H28N5O2S+. The number of thioether (sulfide) groups is 1. The molecule has 8 heteroatoms. The molecule has 35 heavy (non-hydrogen) atoms. The number of fused-ring (bicyclic) bond motifs is 1. The van der Waals surface area contributed by atoms with Crippen LogP contribution in [0, 0.1) is 0 Å². The molecule has 2 aromatic heterocycles. The summed E-state index contributed by atoms with van der Waals surface area (Å²) in [6, 6.07) is 19.5. The van der Waals surface area contributed by atoms with E-state index in [-0.39, 0.29) is 17.4 Å². The zero-order chi connectivity index (χ0) is 24.7. The average Bonchev–Trinajstić information content (AvgIpc) is 3.41. The highest BCUT2D eigenvalue weighted by molar-refractivity contribution is 7.98. The van der Waals surface area contributed by atoms with E-state index < -0.39 is 0 Å². The fraction of sp³-hybridized carbons (Fsp3) is 0.185. The fourth-order valence-electron chi connectivity index (χ4n) is 4.25. The van der Waals surface area contributed by atoms with Gasteiger partial charge < -0.3 is 20.5 Å². The highest BCUT2D eigenvalue weighted by Crippen LogP contribution is 2.39. The van der Waals surface area contributed by atoms with Crippen molar-refractivity contribution in [2.24, 2.45) is 7.05 Å². The lowest BCUT2D eigenvalue weighted by atomic mass is 9.98. The number of phenolic OH excluding ortho intramolecular Hbond substituents is 2. The maximum Gasteiger partial charge on any atom is 0.196 e. The van der Waals surface area contributed by atoms with Gasteiger partial charge in [0, 0.05) is 41.5 Å². The second-order valence-corrected chi connectivity index (χ2v) is 9.89. The summed E-state index contributed by atoms with van der Waals surface area (Å²) in [5.74, 6) is 1.31. The van der Waals surface area contributed by atoms with Crippen molar-refractivity contribution >= 4 is 28.4 Å². The summed E-state index contributed by atoms with van der Waals surface area (Å²) in [4.78, 5) is 0. The standard InChI is InChI=1S/C27H27N5O2S/c1-16(2)20-13-21(25(34)14-24(20)33)26-29-30-27(35-15-18-6-4-5-7-22(18)28)32(26)19-8-9-23-17(12-19)10-11-31(23)3/h4-14,16,33-34H,15,28H2,1-3H3/p+1. The Labute approximate surface area is 207 Å². The Bertz CT molecular complexity index is 1540. The molecule has 178 valence electrons. The van der Waals surface area contributed by atoms with Crippen LogP contribution in [0.5, 0.6) is 11.5 Å². The molecule has 2 heterocycles. The smallest absolute Gasteiger partial charge is 0.196 e. The van der Waals surface area contributed by atoms with Gasteiger partial charge in [0.15, 0.2) is 11.0 Å². The first-order valence-corrected chi connectivity index (χ1v) is 12.4. The topological polar surface area (TPSA) is 104 Å². The minimum Gasteiger partial charge on any atom is -0.508 e. The Morgan fingerprint density at radius 1 is 0.971 bits per heavy atom. The first kappa shape index (κ1) is 23.0. The number of quaternary nitrogens is 1. The fourth-order valence-corrected chi connectivity index (χ4v) is 5.24. The van der Waals surface area contributed by atoms with Gasteiger partial charge in [-0.25, -0.2) is 0 Å². The molecule has 0 aliphatic rings. The van der Waals surface area contributed by atoms with Crippen molar-refractivity contribution in [2.75, 3.05) is 0 Å². The van der Waals surface area contributed by atoms with Gasteiger partial charge in [0.2, 0.25) is 0 Å². The van der Waals surface area contributed by atoms with Crippen LogP contribution >= 0.6 is 11.8 Å². The van der Waals surface area contributed by atoms with E-state index in [9.17, 15) is 10.2 Å². The van der Waals surface area contributed by atoms with E-state index in [1.54, 1.807) is 17.8 Å². The lowest BCUT2D eigenvalue weighted by Gasteiger charge is -2.15. The van der Waals surface area contributed by atoms with E-state index in [2.05, 4.69) is 44.8 Å². The number of aromatic hydroxyl groups is 2. The number of aryl methyl sites for hydroxylation is 1. The Morgan fingerprint density at radius 2 is 1.77 bits per heavy atom. The van der Waals surface area contributed by atoms with Crippen LogP contribution in [0.4, 0.5) is 5.69 Å². The van der Waals surface area contributed by atoms with Crippen LogP contribution in [0.2, 0.25) is 0 Å². The van der Waals surface area contributed by atoms with Crippen molar-refractivity contribution in [1.29, 1.82) is 0 Å². The molecule has 0 saturated heterocycles. The number of benzene rings is 3. The first-order chi connectivity index (χ1) is 16.8. The molecule has 0 aliphatic carbocycles. The third-order valence-corrected chi connectivity index (χ3v) is 7.22. The van der Waals surface area contributed by atoms with E-state index in [1.807, 2.05) is 55.9 Å². The predicted octanol–water partition coefficient (Wildman–Crippen LogP) is 5.13. The molecule has 3 aromatic carbocycles. The summed E-state index contributed by atoms with van der Waals surface area (Å²) in [6.45, 7) is 4.00. The number of aromatic nitrogens is 4. The highest BCUT2D eigenvalue weighted by Gasteiger charge is 2.22. The van der Waals surface area contributed by atoms with E-state index in [0.29, 0.717) is 22.3 Å². The lowest BCUT2D eigenvalue weighted by Crippen LogP contribution is -2.41. The van der Waals surface area contributed by atoms with E-state index >= 15 is 0 Å². The molecule has 0 atom stereocenters. The van der Waals surface area contributed by atoms with Gasteiger partial charge in [0.05, 0.1) is 11.3 Å². The molecule has 0 aliphatic heterocycles. The Kier molecular flexibility index (Phi) is 6.00. The van der Waals surface area contributed by atoms with Crippen molar-refractivity contribution in [3.05, 3.63) is 78.0 Å². The summed E-state index contributed by atoms with van der Waals surface area (Å²) in [5, 5.41) is 32.0. The van der Waals surface area contributed by atoms with Gasteiger partial charge in [-0.1, -0.05) is 43.8 Å². The van der Waals surface area contributed by atoms with Gasteiger partial charge in [-0.15, -0.1) is 10.2 Å². The molecule has 0 saturated carbocycles. The second kappa shape index (κ2) is 9.13. The van der Waals surface area contributed by atoms with Crippen LogP contribution in [0.3, 0.4) is 0 Å². The number of phenols is 2. The molecule has 0 amide bonds. The maximum atomic E-state index is 10.8. The molecule has 7 nitrogen and oxygen atoms in total. The molecule has 0 radical (unpaired) electrons. The highest BCUT2D eigenvalue weighted by atomic mass is 32.2. The maximum absolute atomic E-state index is 10.8. The van der Waals surface area contributed by atoms with Crippen LogP contribution in [0.15, 0.2) is 72.0 Å². The average molecular weight is 487 g/mol. The normalized spacial score (nSPS) is 11.6. The van der Waals surface area contributed by atoms with Crippen molar-refractivity contribution in [3.8, 4) is 28.6 Å². The van der Waals surface area contributed by atoms with Gasteiger partial charge in [0.25, 0.3) is 0 Å². The summed E-state index contributed by atoms with van der Waals surface area (Å²) in [7, 11) is 2.02. The third-order valence-electron chi connectivity index (χ3n) is 6.24. The molecular weight excluding hydrogens is 458 g/mol. The van der Waals surface area contributed by atoms with Crippen molar-refractivity contribution < 1.29 is 15.9 Å². The number of hydrogen-bond acceptors (Lipinski definition) is 5. The monoisotopic (exact) mass is 486 g/mol. The van der Waals surface area contributed by atoms with Crippen LogP contribution in [0.1, 0.15) is 30.9 Å². The van der Waals surface area contributed by atoms with Crippen LogP contribution in [-0.2, 0) is 12.8 Å². The van der Waals surface area contributed by atoms with E-state index in [0.717, 1.165) is 33.4 Å². The van der Waals surface area contributed by atoms with Gasteiger partial charge in [-0.3, -0.25) is 4.57 Å². The number of hydrogen-bond donors (Lipinski definition) is 3. The Balaban J connectivity index is 1.66. The molecule has 0 bridgehead atoms. The summed E-state index contributed by atoms with van der Waals surface area (Å²) in [6.07, 6.45) is 2.03. The van der Waals surface area contributed by atoms with Gasteiger partial charge in [0.1, 0.15) is 17.2 Å². The second-order valence-electron chi connectivity index (χ2n) is 8.95. The molecule has 5 aromatic rings. The molecule has 0 unspecified atom stereocenters. The summed E-state index contributed by atoms with van der Waals surface area (Å²) in [5.41, 5.74) is 9.53. The Morgan fingerprint density at radius 3 is 2.54 bits per heavy atom. The largest absolute Gasteiger partial charge is 0.508 e. The van der Waals surface area contributed by atoms with Crippen molar-refractivity contribution in [1.82, 2.24) is 19.3 Å². The minimum atomic E-state index is -0.0407. The molecule has 0 spiro atoms. The zero-order valence-corrected chi connectivity index (χ0v) is 20.8. The predicted molar refractivity (Wildman–Crippen MR) is 139 cm³/mol. The minimum absolute atomic E-state index is 0.0407. The number of nitrogens with zero attached hydrogens (tertiary/aromatic N) is 4. The number of rotatable bonds is 6. The van der Waals surface area contributed by atoms with Gasteiger partial charge >= 0.3 is 0 Å². The molecule has 5 rings (SSSR count). The van der Waals surface area contributed by atoms with Gasteiger partial charge in [-0.05, 0) is 47.9 Å². The van der Waals surface area contributed by atoms with Crippen molar-refractivity contribution in [3.63, 3.8) is 0 Å².